The summed E-state index contributed by atoms with van der Waals surface area (Å²) in [6.07, 6.45) is 0.783. The summed E-state index contributed by atoms with van der Waals surface area (Å²) in [6.45, 7) is 4.80. The maximum Gasteiger partial charge on any atom is 0.339 e. The summed E-state index contributed by atoms with van der Waals surface area (Å²) < 4.78 is 19.0. The molecular weight excluding hydrogens is 421 g/mol. The third kappa shape index (κ3) is 6.88. The van der Waals surface area contributed by atoms with Gasteiger partial charge in [0.1, 0.15) is 17.1 Å². The number of nitrogens with one attached hydrogen (secondary N) is 1. The molecule has 0 aliphatic heterocycles. The number of halogens is 1. The second-order valence-corrected chi connectivity index (χ2v) is 8.15. The number of rotatable bonds is 11. The van der Waals surface area contributed by atoms with Crippen LogP contribution in [0.25, 0.3) is 11.1 Å². The second-order valence-electron chi connectivity index (χ2n) is 8.15. The minimum Gasteiger partial charge on any atom is -0.493 e. The Balaban J connectivity index is 1.61. The van der Waals surface area contributed by atoms with Crippen molar-refractivity contribution >= 4 is 5.97 Å². The quantitative estimate of drug-likeness (QED) is 0.372. The predicted octanol–water partition coefficient (Wildman–Crippen LogP) is 5.23. The van der Waals surface area contributed by atoms with Crippen LogP contribution >= 0.6 is 0 Å². The maximum atomic E-state index is 13.3. The Morgan fingerprint density at radius 3 is 2.45 bits per heavy atom. The lowest BCUT2D eigenvalue weighted by Gasteiger charge is -2.18. The van der Waals surface area contributed by atoms with Crippen molar-refractivity contribution in [2.45, 2.75) is 38.8 Å². The average molecular weight is 452 g/mol. The molecule has 3 aromatic carbocycles. The highest BCUT2D eigenvalue weighted by atomic mass is 19.1. The van der Waals surface area contributed by atoms with Crippen LogP contribution in [-0.4, -0.2) is 35.4 Å². The van der Waals surface area contributed by atoms with Crippen LogP contribution in [0.15, 0.2) is 66.7 Å². The lowest BCUT2D eigenvalue weighted by atomic mass is 9.99. The monoisotopic (exact) mass is 451 g/mol. The number of ether oxygens (including phenoxy) is 1. The van der Waals surface area contributed by atoms with Crippen LogP contribution in [0.3, 0.4) is 0 Å². The van der Waals surface area contributed by atoms with Gasteiger partial charge in [0.05, 0.1) is 12.7 Å². The van der Waals surface area contributed by atoms with Gasteiger partial charge >= 0.3 is 5.97 Å². The highest BCUT2D eigenvalue weighted by molar-refractivity contribution is 5.92. The third-order valence-corrected chi connectivity index (χ3v) is 5.40. The fourth-order valence-corrected chi connectivity index (χ4v) is 3.61. The molecule has 174 valence electrons. The molecule has 0 fully saturated rings. The van der Waals surface area contributed by atoms with E-state index in [9.17, 15) is 19.4 Å². The van der Waals surface area contributed by atoms with Gasteiger partial charge in [-0.1, -0.05) is 49.4 Å². The summed E-state index contributed by atoms with van der Waals surface area (Å²) in [6, 6.07) is 19.3. The Morgan fingerprint density at radius 2 is 1.79 bits per heavy atom. The van der Waals surface area contributed by atoms with Gasteiger partial charge in [0.2, 0.25) is 0 Å². The third-order valence-electron chi connectivity index (χ3n) is 5.40. The van der Waals surface area contributed by atoms with E-state index in [1.165, 1.54) is 12.1 Å². The Kier molecular flexibility index (Phi) is 8.58. The normalized spacial score (nSPS) is 12.8. The van der Waals surface area contributed by atoms with Gasteiger partial charge < -0.3 is 20.3 Å². The molecule has 0 spiro atoms. The van der Waals surface area contributed by atoms with Gasteiger partial charge in [0, 0.05) is 12.6 Å². The molecule has 3 rings (SSSR count). The molecule has 3 N–H and O–H groups in total. The van der Waals surface area contributed by atoms with Gasteiger partial charge in [0.15, 0.2) is 0 Å². The van der Waals surface area contributed by atoms with Gasteiger partial charge in [-0.25, -0.2) is 9.18 Å². The van der Waals surface area contributed by atoms with E-state index < -0.39 is 12.1 Å². The number of aliphatic hydroxyl groups excluding tert-OH is 1. The molecule has 5 nitrogen and oxygen atoms in total. The van der Waals surface area contributed by atoms with E-state index in [1.54, 1.807) is 30.3 Å². The van der Waals surface area contributed by atoms with Crippen molar-refractivity contribution in [3.8, 4) is 16.9 Å². The van der Waals surface area contributed by atoms with Crippen LogP contribution in [0.4, 0.5) is 4.39 Å². The van der Waals surface area contributed by atoms with E-state index in [1.807, 2.05) is 38.1 Å². The Bertz CT molecular complexity index is 1070. The van der Waals surface area contributed by atoms with Crippen molar-refractivity contribution in [1.29, 1.82) is 0 Å². The minimum absolute atomic E-state index is 0.114. The predicted molar refractivity (Wildman–Crippen MR) is 127 cm³/mol. The van der Waals surface area contributed by atoms with Crippen molar-refractivity contribution in [3.05, 3.63) is 89.2 Å². The molecule has 0 bridgehead atoms. The minimum atomic E-state index is -1.01. The largest absolute Gasteiger partial charge is 0.493 e. The lowest BCUT2D eigenvalue weighted by molar-refractivity contribution is 0.0692. The molecule has 3 aromatic rings. The summed E-state index contributed by atoms with van der Waals surface area (Å²) in [7, 11) is 0. The lowest BCUT2D eigenvalue weighted by Crippen LogP contribution is -2.32. The van der Waals surface area contributed by atoms with Gasteiger partial charge in [0.25, 0.3) is 0 Å². The first kappa shape index (κ1) is 24.4. The number of hydrogen-bond donors (Lipinski definition) is 3. The van der Waals surface area contributed by atoms with Gasteiger partial charge in [-0.15, -0.1) is 0 Å². The number of carbonyl (C=O) groups is 1. The highest BCUT2D eigenvalue weighted by Crippen LogP contribution is 2.28. The summed E-state index contributed by atoms with van der Waals surface area (Å²) >= 11 is 0. The van der Waals surface area contributed by atoms with Crippen molar-refractivity contribution in [2.24, 2.45) is 0 Å². The fraction of sp³-hybridized carbons (Fsp3) is 0.296. The van der Waals surface area contributed by atoms with Gasteiger partial charge in [-0.05, 0) is 66.3 Å². The molecule has 0 saturated heterocycles. The van der Waals surface area contributed by atoms with Gasteiger partial charge in [-0.3, -0.25) is 0 Å². The summed E-state index contributed by atoms with van der Waals surface area (Å²) in [5.74, 6) is -0.992. The van der Waals surface area contributed by atoms with E-state index in [4.69, 9.17) is 4.74 Å². The van der Waals surface area contributed by atoms with E-state index in [0.717, 1.165) is 29.5 Å². The molecule has 2 unspecified atom stereocenters. The molecular formula is C27H30FNO4. The number of carboxylic acid groups (broad SMARTS) is 1. The zero-order valence-electron chi connectivity index (χ0n) is 18.9. The maximum absolute atomic E-state index is 13.3. The van der Waals surface area contributed by atoms with Crippen LogP contribution in [-0.2, 0) is 6.42 Å². The molecule has 0 aliphatic carbocycles. The van der Waals surface area contributed by atoms with Crippen molar-refractivity contribution < 1.29 is 24.1 Å². The molecule has 0 amide bonds. The van der Waals surface area contributed by atoms with Crippen molar-refractivity contribution in [3.63, 3.8) is 0 Å². The zero-order chi connectivity index (χ0) is 23.8. The first-order valence-electron chi connectivity index (χ1n) is 11.1. The Morgan fingerprint density at radius 1 is 1.06 bits per heavy atom. The van der Waals surface area contributed by atoms with Gasteiger partial charge in [-0.2, -0.15) is 0 Å². The van der Waals surface area contributed by atoms with Crippen molar-refractivity contribution in [1.82, 2.24) is 5.32 Å². The molecule has 2 atom stereocenters. The van der Waals surface area contributed by atoms with Crippen LogP contribution in [0, 0.1) is 5.82 Å². The fourth-order valence-electron chi connectivity index (χ4n) is 3.61. The van der Waals surface area contributed by atoms with Crippen LogP contribution in [0.2, 0.25) is 0 Å². The highest BCUT2D eigenvalue weighted by Gasteiger charge is 2.14. The molecule has 6 heteroatoms. The summed E-state index contributed by atoms with van der Waals surface area (Å²) in [5, 5.41) is 23.0. The zero-order valence-corrected chi connectivity index (χ0v) is 18.9. The molecule has 0 aromatic heterocycles. The van der Waals surface area contributed by atoms with E-state index >= 15 is 0 Å². The Labute approximate surface area is 193 Å². The molecule has 33 heavy (non-hydrogen) atoms. The smallest absolute Gasteiger partial charge is 0.339 e. The van der Waals surface area contributed by atoms with E-state index in [0.29, 0.717) is 24.5 Å². The molecule has 0 aliphatic rings. The standard InChI is InChI=1S/C27H30FNO4/c1-3-13-33-26-16-21(11-12-24(26)27(31)32)20-9-7-19(8-10-20)14-18(2)29-17-25(30)22-5-4-6-23(28)15-22/h4-12,15-16,18,25,29-30H,3,13-14,17H2,1-2H3,(H,31,32). The Hall–Kier alpha value is -3.22. The SMILES string of the molecule is CCCOc1cc(-c2ccc(CC(C)NCC(O)c3cccc(F)c3)cc2)ccc1C(=O)O. The van der Waals surface area contributed by atoms with E-state index in [-0.39, 0.29) is 17.4 Å². The summed E-state index contributed by atoms with van der Waals surface area (Å²) in [4.78, 5) is 11.5. The average Bonchev–Trinajstić information content (AvgIpc) is 2.81. The number of carboxylic acids is 1. The number of benzene rings is 3. The summed E-state index contributed by atoms with van der Waals surface area (Å²) in [5.41, 5.74) is 3.70. The van der Waals surface area contributed by atoms with Crippen molar-refractivity contribution in [2.75, 3.05) is 13.2 Å². The topological polar surface area (TPSA) is 78.8 Å². The molecule has 0 radical (unpaired) electrons. The number of aromatic carboxylic acids is 1. The number of hydrogen-bond acceptors (Lipinski definition) is 4. The van der Waals surface area contributed by atoms with Crippen LogP contribution < -0.4 is 10.1 Å². The second kappa shape index (κ2) is 11.6. The number of aliphatic hydroxyl groups is 1. The molecule has 0 heterocycles. The van der Waals surface area contributed by atoms with E-state index in [2.05, 4.69) is 5.32 Å². The first-order chi connectivity index (χ1) is 15.9. The molecule has 0 saturated carbocycles. The first-order valence-corrected chi connectivity index (χ1v) is 11.1. The van der Waals surface area contributed by atoms with Crippen LogP contribution in [0.1, 0.15) is 47.9 Å². The van der Waals surface area contributed by atoms with Crippen LogP contribution in [0.5, 0.6) is 5.75 Å².